The van der Waals surface area contributed by atoms with E-state index in [2.05, 4.69) is 24.3 Å². The van der Waals surface area contributed by atoms with Gasteiger partial charge in [0.05, 0.1) is 27.9 Å². The van der Waals surface area contributed by atoms with Gasteiger partial charge in [-0.15, -0.1) is 0 Å². The molecule has 8 rings (SSSR count). The number of fused-ring (bicyclic) bond motifs is 3. The lowest BCUT2D eigenvalue weighted by molar-refractivity contribution is -0.138. The summed E-state index contributed by atoms with van der Waals surface area (Å²) in [5.74, 6) is -5.29. The van der Waals surface area contributed by atoms with E-state index in [4.69, 9.17) is 9.31 Å². The van der Waals surface area contributed by atoms with E-state index in [0.29, 0.717) is 0 Å². The molecule has 2 bridgehead atoms. The second-order valence-electron chi connectivity index (χ2n) is 15.0. The molecule has 4 fully saturated rings. The minimum absolute atomic E-state index is 0.0402. The van der Waals surface area contributed by atoms with E-state index < -0.39 is 64.5 Å². The first-order chi connectivity index (χ1) is 22.9. The van der Waals surface area contributed by atoms with E-state index in [1.54, 1.807) is 12.1 Å². The Balaban J connectivity index is 1.07. The summed E-state index contributed by atoms with van der Waals surface area (Å²) in [6.07, 6.45) is 1.02. The van der Waals surface area contributed by atoms with Gasteiger partial charge in [0, 0.05) is 0 Å². The molecule has 0 N–H and O–H groups in total. The summed E-state index contributed by atoms with van der Waals surface area (Å²) < 4.78 is 111. The van der Waals surface area contributed by atoms with Gasteiger partial charge in [-0.1, -0.05) is 48.5 Å². The minimum Gasteiger partial charge on any atom is -0.399 e. The zero-order chi connectivity index (χ0) is 35.1. The maximum atomic E-state index is 15.3. The van der Waals surface area contributed by atoms with E-state index in [-0.39, 0.29) is 34.1 Å². The van der Waals surface area contributed by atoms with Crippen LogP contribution in [0.1, 0.15) is 82.9 Å². The molecule has 10 heteroatoms. The van der Waals surface area contributed by atoms with E-state index >= 15 is 8.78 Å². The molecule has 3 saturated carbocycles. The lowest BCUT2D eigenvalue weighted by Gasteiger charge is -2.54. The quantitative estimate of drug-likeness (QED) is 0.154. The predicted molar refractivity (Wildman–Crippen MR) is 175 cm³/mol. The van der Waals surface area contributed by atoms with Crippen molar-refractivity contribution in [2.75, 3.05) is 0 Å². The third-order valence-electron chi connectivity index (χ3n) is 11.8. The number of hydrogen-bond acceptors (Lipinski definition) is 2. The maximum absolute atomic E-state index is 15.3. The molecule has 0 unspecified atom stereocenters. The average molecular weight is 681 g/mol. The van der Waals surface area contributed by atoms with Gasteiger partial charge in [-0.25, -0.2) is 17.6 Å². The van der Waals surface area contributed by atoms with Crippen LogP contribution in [0.4, 0.5) is 30.7 Å². The zero-order valence-electron chi connectivity index (χ0n) is 27.7. The average Bonchev–Trinajstić information content (AvgIpc) is 3.27. The normalized spacial score (nSPS) is 24.4. The highest BCUT2D eigenvalue weighted by atomic mass is 19.4. The number of rotatable bonds is 5. The number of alkyl halides is 3. The van der Waals surface area contributed by atoms with E-state index in [1.807, 2.05) is 39.8 Å². The number of halogens is 7. The molecule has 1 heterocycles. The first-order valence-electron chi connectivity index (χ1n) is 16.6. The second kappa shape index (κ2) is 11.5. The van der Waals surface area contributed by atoms with Gasteiger partial charge in [0.2, 0.25) is 0 Å². The van der Waals surface area contributed by atoms with Crippen molar-refractivity contribution >= 4 is 12.6 Å². The summed E-state index contributed by atoms with van der Waals surface area (Å²) in [5.41, 5.74) is -0.460. The first kappa shape index (κ1) is 33.9. The van der Waals surface area contributed by atoms with Gasteiger partial charge in [0.15, 0.2) is 0 Å². The van der Waals surface area contributed by atoms with Crippen molar-refractivity contribution in [2.45, 2.75) is 94.4 Å². The Morgan fingerprint density at radius 2 is 0.898 bits per heavy atom. The fraction of sp³-hybridized carbons (Fsp3) is 0.385. The van der Waals surface area contributed by atoms with Crippen molar-refractivity contribution in [1.82, 2.24) is 0 Å². The van der Waals surface area contributed by atoms with Crippen LogP contribution in [-0.2, 0) is 26.3 Å². The van der Waals surface area contributed by atoms with Gasteiger partial charge >= 0.3 is 13.3 Å². The molecule has 49 heavy (non-hydrogen) atoms. The predicted octanol–water partition coefficient (Wildman–Crippen LogP) is 10.4. The Morgan fingerprint density at radius 1 is 0.531 bits per heavy atom. The topological polar surface area (TPSA) is 18.5 Å². The summed E-state index contributed by atoms with van der Waals surface area (Å²) in [6, 6.07) is 17.4. The summed E-state index contributed by atoms with van der Waals surface area (Å²) in [5, 5.41) is 0. The first-order valence-corrected chi connectivity index (χ1v) is 16.6. The van der Waals surface area contributed by atoms with Crippen molar-refractivity contribution in [2.24, 2.45) is 0 Å². The standard InChI is InChI=1S/C39H36BF7O2/c1-35(2)36(3,4)49-40(48-35)28-11-9-26(10-12-28)38-16-13-37(14-17-38,15-18-38)25-7-5-23(6-8-25)33-29(41)19-24(20-30(33)42)34-31(43)21-27(22-32(34)44)39(45,46)47/h5-12,19-22H,13-18H2,1-4H3. The number of hydrogen-bond donors (Lipinski definition) is 0. The lowest BCUT2D eigenvalue weighted by atomic mass is 9.50. The molecule has 0 atom stereocenters. The molecule has 256 valence electrons. The Labute approximate surface area is 281 Å². The van der Waals surface area contributed by atoms with Crippen molar-refractivity contribution in [3.63, 3.8) is 0 Å². The monoisotopic (exact) mass is 680 g/mol. The lowest BCUT2D eigenvalue weighted by Crippen LogP contribution is -2.46. The molecule has 1 saturated heterocycles. The van der Waals surface area contributed by atoms with Crippen LogP contribution in [0.15, 0.2) is 72.8 Å². The smallest absolute Gasteiger partial charge is 0.399 e. The van der Waals surface area contributed by atoms with Crippen LogP contribution in [0, 0.1) is 23.3 Å². The molecule has 1 aliphatic heterocycles. The van der Waals surface area contributed by atoms with Crippen LogP contribution in [0.25, 0.3) is 22.3 Å². The van der Waals surface area contributed by atoms with E-state index in [0.717, 1.165) is 61.7 Å². The van der Waals surface area contributed by atoms with Crippen molar-refractivity contribution in [3.8, 4) is 22.3 Å². The molecule has 4 aromatic carbocycles. The Hall–Kier alpha value is -3.63. The van der Waals surface area contributed by atoms with E-state index in [9.17, 15) is 22.0 Å². The molecule has 2 nitrogen and oxygen atoms in total. The van der Waals surface area contributed by atoms with Gasteiger partial charge in [-0.05, 0) is 129 Å². The SMILES string of the molecule is CC1(C)OB(c2ccc(C34CCC(c5ccc(-c6c(F)cc(-c7c(F)cc(C(F)(F)F)cc7F)cc6F)cc5)(CC3)CC4)cc2)OC1(C)C. The molecule has 3 aliphatic carbocycles. The van der Waals surface area contributed by atoms with Crippen molar-refractivity contribution in [1.29, 1.82) is 0 Å². The third kappa shape index (κ3) is 5.69. The van der Waals surface area contributed by atoms with Gasteiger partial charge < -0.3 is 9.31 Å². The Kier molecular flexibility index (Phi) is 7.91. The number of benzene rings is 4. The highest BCUT2D eigenvalue weighted by Crippen LogP contribution is 2.58. The molecule has 0 amide bonds. The summed E-state index contributed by atoms with van der Waals surface area (Å²) in [4.78, 5) is 0. The third-order valence-corrected chi connectivity index (χ3v) is 11.8. The Morgan fingerprint density at radius 3 is 1.31 bits per heavy atom. The molecule has 4 aliphatic rings. The van der Waals surface area contributed by atoms with Crippen LogP contribution in [0.2, 0.25) is 0 Å². The minimum atomic E-state index is -4.98. The van der Waals surface area contributed by atoms with Crippen LogP contribution >= 0.6 is 0 Å². The molecule has 0 spiro atoms. The second-order valence-corrected chi connectivity index (χ2v) is 15.0. The van der Waals surface area contributed by atoms with Crippen molar-refractivity contribution < 1.29 is 40.0 Å². The molecule has 0 aromatic heterocycles. The van der Waals surface area contributed by atoms with Gasteiger partial charge in [-0.2, -0.15) is 13.2 Å². The van der Waals surface area contributed by atoms with Gasteiger partial charge in [-0.3, -0.25) is 0 Å². The van der Waals surface area contributed by atoms with Gasteiger partial charge in [0.25, 0.3) is 0 Å². The molecular weight excluding hydrogens is 644 g/mol. The molecule has 4 aromatic rings. The molecule has 0 radical (unpaired) electrons. The van der Waals surface area contributed by atoms with Crippen LogP contribution < -0.4 is 5.46 Å². The van der Waals surface area contributed by atoms with Crippen LogP contribution in [0.3, 0.4) is 0 Å². The van der Waals surface area contributed by atoms with Gasteiger partial charge in [0.1, 0.15) is 23.3 Å². The fourth-order valence-electron chi connectivity index (χ4n) is 8.02. The van der Waals surface area contributed by atoms with Crippen molar-refractivity contribution in [3.05, 3.63) is 113 Å². The fourth-order valence-corrected chi connectivity index (χ4v) is 8.02. The summed E-state index contributed by atoms with van der Waals surface area (Å²) in [7, 11) is -0.408. The van der Waals surface area contributed by atoms with Crippen LogP contribution in [0.5, 0.6) is 0 Å². The largest absolute Gasteiger partial charge is 0.494 e. The zero-order valence-corrected chi connectivity index (χ0v) is 27.7. The van der Waals surface area contributed by atoms with Crippen LogP contribution in [-0.4, -0.2) is 18.3 Å². The summed E-state index contributed by atoms with van der Waals surface area (Å²) >= 11 is 0. The highest BCUT2D eigenvalue weighted by molar-refractivity contribution is 6.62. The molecular formula is C39H36BF7O2. The summed E-state index contributed by atoms with van der Waals surface area (Å²) in [6.45, 7) is 8.16. The maximum Gasteiger partial charge on any atom is 0.494 e. The highest BCUT2D eigenvalue weighted by Gasteiger charge is 2.53. The van der Waals surface area contributed by atoms with E-state index in [1.165, 1.54) is 5.56 Å². The Bertz CT molecular complexity index is 1830.